The van der Waals surface area contributed by atoms with Crippen molar-refractivity contribution in [3.63, 3.8) is 0 Å². The van der Waals surface area contributed by atoms with E-state index in [9.17, 15) is 19.8 Å². The third-order valence-corrected chi connectivity index (χ3v) is 6.15. The fourth-order valence-electron chi connectivity index (χ4n) is 4.14. The number of benzene rings is 2. The standard InChI is InChI=1S/C24H27Cl2NO5/c1-2-4-19(24(30)31)27-21(15-6-10-17(25)11-7-15)22(16-8-12-18(26)13-9-16)32-20(23(27)29)5-3-14-28/h6-13,19-22,28H,2-5,14H2,1H3,(H,30,31)/t19-,20+,21-,22+/m1/s1. The highest BCUT2D eigenvalue weighted by Crippen LogP contribution is 2.44. The van der Waals surface area contributed by atoms with Gasteiger partial charge in [0.05, 0.1) is 6.04 Å². The lowest BCUT2D eigenvalue weighted by molar-refractivity contribution is -0.185. The van der Waals surface area contributed by atoms with Crippen LogP contribution in [0.2, 0.25) is 10.0 Å². The lowest BCUT2D eigenvalue weighted by Crippen LogP contribution is -2.56. The summed E-state index contributed by atoms with van der Waals surface area (Å²) >= 11 is 12.2. The maximum Gasteiger partial charge on any atom is 0.326 e. The zero-order valence-electron chi connectivity index (χ0n) is 17.8. The van der Waals surface area contributed by atoms with E-state index in [0.717, 1.165) is 11.1 Å². The summed E-state index contributed by atoms with van der Waals surface area (Å²) in [5.74, 6) is -1.44. The van der Waals surface area contributed by atoms with Gasteiger partial charge in [0.1, 0.15) is 18.2 Å². The fourth-order valence-corrected chi connectivity index (χ4v) is 4.39. The Kier molecular flexibility index (Phi) is 8.54. The van der Waals surface area contributed by atoms with Gasteiger partial charge in [-0.05, 0) is 54.7 Å². The van der Waals surface area contributed by atoms with Crippen molar-refractivity contribution in [1.82, 2.24) is 4.90 Å². The van der Waals surface area contributed by atoms with Crippen LogP contribution in [0.15, 0.2) is 48.5 Å². The van der Waals surface area contributed by atoms with Gasteiger partial charge in [-0.1, -0.05) is 60.8 Å². The summed E-state index contributed by atoms with van der Waals surface area (Å²) < 4.78 is 6.29. The largest absolute Gasteiger partial charge is 0.480 e. The first-order chi connectivity index (χ1) is 15.4. The lowest BCUT2D eigenvalue weighted by Gasteiger charge is -2.47. The first-order valence-electron chi connectivity index (χ1n) is 10.7. The van der Waals surface area contributed by atoms with Crippen LogP contribution in [-0.4, -0.2) is 45.7 Å². The molecular weight excluding hydrogens is 453 g/mol. The van der Waals surface area contributed by atoms with Crippen molar-refractivity contribution in [3.05, 3.63) is 69.7 Å². The molecule has 32 heavy (non-hydrogen) atoms. The molecule has 1 fully saturated rings. The van der Waals surface area contributed by atoms with Crippen LogP contribution in [-0.2, 0) is 14.3 Å². The summed E-state index contributed by atoms with van der Waals surface area (Å²) in [6, 6.07) is 12.5. The van der Waals surface area contributed by atoms with Gasteiger partial charge in [0.25, 0.3) is 5.91 Å². The Labute approximate surface area is 197 Å². The Morgan fingerprint density at radius 1 is 1.06 bits per heavy atom. The molecule has 1 saturated heterocycles. The summed E-state index contributed by atoms with van der Waals surface area (Å²) in [7, 11) is 0. The number of carboxylic acid groups (broad SMARTS) is 1. The van der Waals surface area contributed by atoms with E-state index < -0.39 is 30.3 Å². The van der Waals surface area contributed by atoms with Gasteiger partial charge in [-0.3, -0.25) is 4.79 Å². The van der Waals surface area contributed by atoms with E-state index >= 15 is 0 Å². The minimum absolute atomic E-state index is 0.0866. The Morgan fingerprint density at radius 3 is 2.12 bits per heavy atom. The number of hydrogen-bond donors (Lipinski definition) is 2. The number of morpholine rings is 1. The van der Waals surface area contributed by atoms with E-state index in [2.05, 4.69) is 0 Å². The first kappa shape index (κ1) is 24.5. The lowest BCUT2D eigenvalue weighted by atomic mass is 9.89. The molecule has 1 aliphatic rings. The molecule has 3 rings (SSSR count). The van der Waals surface area contributed by atoms with Crippen LogP contribution in [0.3, 0.4) is 0 Å². The second-order valence-electron chi connectivity index (χ2n) is 7.85. The number of carboxylic acids is 1. The molecule has 2 aromatic rings. The second-order valence-corrected chi connectivity index (χ2v) is 8.72. The number of aliphatic hydroxyl groups excluding tert-OH is 1. The number of carbonyl (C=O) groups is 2. The smallest absolute Gasteiger partial charge is 0.326 e. The van der Waals surface area contributed by atoms with E-state index in [4.69, 9.17) is 27.9 Å². The van der Waals surface area contributed by atoms with Crippen LogP contribution in [0.5, 0.6) is 0 Å². The van der Waals surface area contributed by atoms with Gasteiger partial charge in [-0.2, -0.15) is 0 Å². The third-order valence-electron chi connectivity index (χ3n) is 5.64. The van der Waals surface area contributed by atoms with E-state index in [0.29, 0.717) is 35.7 Å². The van der Waals surface area contributed by atoms with Crippen LogP contribution in [0.4, 0.5) is 0 Å². The number of carbonyl (C=O) groups excluding carboxylic acids is 1. The topological polar surface area (TPSA) is 87.1 Å². The Bertz CT molecular complexity index is 919. The first-order valence-corrected chi connectivity index (χ1v) is 11.4. The molecule has 1 amide bonds. The molecule has 1 aliphatic heterocycles. The van der Waals surface area contributed by atoms with Crippen molar-refractivity contribution in [2.75, 3.05) is 6.61 Å². The number of hydrogen-bond acceptors (Lipinski definition) is 4. The van der Waals surface area contributed by atoms with Crippen LogP contribution in [0, 0.1) is 0 Å². The van der Waals surface area contributed by atoms with Crippen molar-refractivity contribution < 1.29 is 24.5 Å². The van der Waals surface area contributed by atoms with Gasteiger partial charge in [0.2, 0.25) is 0 Å². The molecule has 0 aromatic heterocycles. The molecular formula is C24H27Cl2NO5. The molecule has 0 saturated carbocycles. The summed E-state index contributed by atoms with van der Waals surface area (Å²) in [5.41, 5.74) is 1.51. The molecule has 0 bridgehead atoms. The Balaban J connectivity index is 2.16. The quantitative estimate of drug-likeness (QED) is 0.526. The summed E-state index contributed by atoms with van der Waals surface area (Å²) in [5, 5.41) is 20.4. The van der Waals surface area contributed by atoms with E-state index in [-0.39, 0.29) is 12.5 Å². The highest BCUT2D eigenvalue weighted by molar-refractivity contribution is 6.30. The predicted octanol–water partition coefficient (Wildman–Crippen LogP) is 5.03. The molecule has 4 atom stereocenters. The number of nitrogens with zero attached hydrogens (tertiary/aromatic N) is 1. The molecule has 0 aliphatic carbocycles. The number of ether oxygens (including phenoxy) is 1. The highest BCUT2D eigenvalue weighted by Gasteiger charge is 2.48. The molecule has 8 heteroatoms. The van der Waals surface area contributed by atoms with Gasteiger partial charge in [0, 0.05) is 16.7 Å². The van der Waals surface area contributed by atoms with Gasteiger partial charge < -0.3 is 19.8 Å². The summed E-state index contributed by atoms with van der Waals surface area (Å²) in [6.07, 6.45) is 0.0994. The van der Waals surface area contributed by atoms with Crippen molar-refractivity contribution in [3.8, 4) is 0 Å². The number of amides is 1. The summed E-state index contributed by atoms with van der Waals surface area (Å²) in [4.78, 5) is 27.3. The predicted molar refractivity (Wildman–Crippen MR) is 123 cm³/mol. The molecule has 2 aromatic carbocycles. The molecule has 1 heterocycles. The van der Waals surface area contributed by atoms with Crippen LogP contribution in [0.1, 0.15) is 55.9 Å². The monoisotopic (exact) mass is 479 g/mol. The van der Waals surface area contributed by atoms with Crippen LogP contribution < -0.4 is 0 Å². The van der Waals surface area contributed by atoms with Crippen molar-refractivity contribution in [2.45, 2.75) is 56.9 Å². The Morgan fingerprint density at radius 2 is 1.62 bits per heavy atom. The average Bonchev–Trinajstić information content (AvgIpc) is 2.78. The zero-order chi connectivity index (χ0) is 23.3. The highest BCUT2D eigenvalue weighted by atomic mass is 35.5. The molecule has 172 valence electrons. The van der Waals surface area contributed by atoms with Crippen molar-refractivity contribution in [1.29, 1.82) is 0 Å². The second kappa shape index (κ2) is 11.1. The minimum Gasteiger partial charge on any atom is -0.480 e. The van der Waals surface area contributed by atoms with Gasteiger partial charge in [-0.15, -0.1) is 0 Å². The number of rotatable bonds is 9. The maximum absolute atomic E-state index is 13.5. The SMILES string of the molecule is CCC[C@H](C(=O)O)N1C(=O)[C@H](CCCO)O[C@@H](c2ccc(Cl)cc2)[C@H]1c1ccc(Cl)cc1. The molecule has 0 spiro atoms. The average molecular weight is 480 g/mol. The normalized spacial score (nSPS) is 22.1. The number of aliphatic hydroxyl groups is 1. The maximum atomic E-state index is 13.5. The minimum atomic E-state index is -1.06. The molecule has 6 nitrogen and oxygen atoms in total. The van der Waals surface area contributed by atoms with Gasteiger partial charge >= 0.3 is 5.97 Å². The van der Waals surface area contributed by atoms with Crippen molar-refractivity contribution in [2.24, 2.45) is 0 Å². The van der Waals surface area contributed by atoms with E-state index in [1.54, 1.807) is 36.4 Å². The molecule has 2 N–H and O–H groups in total. The Hall–Kier alpha value is -2.12. The molecule has 0 radical (unpaired) electrons. The van der Waals surface area contributed by atoms with Crippen molar-refractivity contribution >= 4 is 35.1 Å². The van der Waals surface area contributed by atoms with Gasteiger partial charge in [-0.25, -0.2) is 4.79 Å². The van der Waals surface area contributed by atoms with E-state index in [1.165, 1.54) is 4.90 Å². The third kappa shape index (κ3) is 5.44. The number of halogens is 2. The number of aliphatic carboxylic acids is 1. The summed E-state index contributed by atoms with van der Waals surface area (Å²) in [6.45, 7) is 1.80. The zero-order valence-corrected chi connectivity index (χ0v) is 19.3. The van der Waals surface area contributed by atoms with Crippen LogP contribution >= 0.6 is 23.2 Å². The van der Waals surface area contributed by atoms with Crippen LogP contribution in [0.25, 0.3) is 0 Å². The molecule has 0 unspecified atom stereocenters. The van der Waals surface area contributed by atoms with E-state index in [1.807, 2.05) is 19.1 Å². The fraction of sp³-hybridized carbons (Fsp3) is 0.417. The van der Waals surface area contributed by atoms with Gasteiger partial charge in [0.15, 0.2) is 0 Å².